The van der Waals surface area contributed by atoms with Crippen LogP contribution in [0.1, 0.15) is 39.0 Å². The molecule has 0 bridgehead atoms. The van der Waals surface area contributed by atoms with Crippen molar-refractivity contribution in [1.82, 2.24) is 0 Å². The van der Waals surface area contributed by atoms with Crippen LogP contribution in [-0.2, 0) is 9.09 Å². The van der Waals surface area contributed by atoms with E-state index in [0.29, 0.717) is 0 Å². The first-order chi connectivity index (χ1) is 4.77. The Kier molecular flexibility index (Phi) is 6.21. The van der Waals surface area contributed by atoms with Gasteiger partial charge in [-0.25, -0.2) is 4.57 Å². The summed E-state index contributed by atoms with van der Waals surface area (Å²) in [6.45, 7) is 2.04. The third kappa shape index (κ3) is 4.00. The predicted molar refractivity (Wildman–Crippen MR) is 47.3 cm³/mol. The summed E-state index contributed by atoms with van der Waals surface area (Å²) in [5.74, 6) is 0. The topological polar surface area (TPSA) is 26.3 Å². The Labute approximate surface area is 91.7 Å². The maximum atomic E-state index is 10.2. The SMILES string of the molecule is CC1(OP=O)CCCCC1.[NaH]. The van der Waals surface area contributed by atoms with Gasteiger partial charge in [-0.05, 0) is 19.8 Å². The molecule has 0 radical (unpaired) electrons. The Hall–Kier alpha value is 1.06. The third-order valence-electron chi connectivity index (χ3n) is 2.17. The Morgan fingerprint density at radius 3 is 2.27 bits per heavy atom. The molecule has 0 amide bonds. The third-order valence-corrected chi connectivity index (χ3v) is 2.68. The molecule has 1 fully saturated rings. The van der Waals surface area contributed by atoms with Crippen molar-refractivity contribution in [2.45, 2.75) is 44.6 Å². The summed E-state index contributed by atoms with van der Waals surface area (Å²) >= 11 is 0. The molecule has 60 valence electrons. The van der Waals surface area contributed by atoms with E-state index < -0.39 is 0 Å². The van der Waals surface area contributed by atoms with Crippen molar-refractivity contribution in [1.29, 1.82) is 0 Å². The zero-order chi connectivity index (χ0) is 7.45. The molecule has 2 nitrogen and oxygen atoms in total. The summed E-state index contributed by atoms with van der Waals surface area (Å²) in [5, 5.41) is 0. The monoisotopic (exact) mass is 184 g/mol. The van der Waals surface area contributed by atoms with E-state index in [4.69, 9.17) is 4.52 Å². The van der Waals surface area contributed by atoms with Crippen molar-refractivity contribution >= 4 is 38.2 Å². The van der Waals surface area contributed by atoms with E-state index in [1.165, 1.54) is 19.3 Å². The zero-order valence-corrected chi connectivity index (χ0v) is 7.19. The van der Waals surface area contributed by atoms with Gasteiger partial charge in [-0.2, -0.15) is 0 Å². The van der Waals surface area contributed by atoms with Gasteiger partial charge in [-0.1, -0.05) is 19.3 Å². The molecule has 0 heterocycles. The fraction of sp³-hybridized carbons (Fsp3) is 1.00. The molecule has 11 heavy (non-hydrogen) atoms. The van der Waals surface area contributed by atoms with Gasteiger partial charge in [0.25, 0.3) is 0 Å². The molecule has 0 aromatic rings. The average Bonchev–Trinajstić information content (AvgIpc) is 1.89. The molecule has 0 aliphatic heterocycles. The summed E-state index contributed by atoms with van der Waals surface area (Å²) in [4.78, 5) is 0. The Balaban J connectivity index is 0.000001000. The van der Waals surface area contributed by atoms with Crippen molar-refractivity contribution in [3.8, 4) is 0 Å². The zero-order valence-electron chi connectivity index (χ0n) is 6.30. The first-order valence-corrected chi connectivity index (χ1v) is 4.51. The van der Waals surface area contributed by atoms with Gasteiger partial charge in [0.15, 0.2) is 0 Å². The normalized spacial score (nSPS) is 22.6. The molecule has 1 saturated carbocycles. The van der Waals surface area contributed by atoms with Crippen LogP contribution in [0, 0.1) is 0 Å². The number of hydrogen-bond donors (Lipinski definition) is 0. The Morgan fingerprint density at radius 2 is 1.82 bits per heavy atom. The van der Waals surface area contributed by atoms with E-state index in [0.717, 1.165) is 12.8 Å². The molecular formula is C7H14NaO2P. The van der Waals surface area contributed by atoms with E-state index in [-0.39, 0.29) is 43.8 Å². The fourth-order valence-electron chi connectivity index (χ4n) is 1.48. The van der Waals surface area contributed by atoms with Crippen LogP contribution in [0.25, 0.3) is 0 Å². The molecule has 1 rings (SSSR count). The summed E-state index contributed by atoms with van der Waals surface area (Å²) in [5.41, 5.74) is -0.0957. The van der Waals surface area contributed by atoms with E-state index in [1.807, 2.05) is 6.92 Å². The predicted octanol–water partition coefficient (Wildman–Crippen LogP) is 2.28. The minimum atomic E-state index is -0.167. The van der Waals surface area contributed by atoms with Crippen LogP contribution < -0.4 is 0 Å². The summed E-state index contributed by atoms with van der Waals surface area (Å²) in [7, 11) is -0.167. The van der Waals surface area contributed by atoms with Crippen LogP contribution in [0.5, 0.6) is 0 Å². The van der Waals surface area contributed by atoms with E-state index in [1.54, 1.807) is 0 Å². The van der Waals surface area contributed by atoms with Crippen LogP contribution >= 0.6 is 8.69 Å². The second kappa shape index (κ2) is 5.66. The second-order valence-electron chi connectivity index (χ2n) is 3.18. The number of hydrogen-bond acceptors (Lipinski definition) is 2. The van der Waals surface area contributed by atoms with Gasteiger partial charge in [0.1, 0.15) is 0 Å². The molecule has 0 unspecified atom stereocenters. The standard InChI is InChI=1S/C7H13O2P.Na.H/c1-7(9-10-8)5-3-2-4-6-7;;/h2-6H2,1H3;;. The first kappa shape index (κ1) is 12.1. The van der Waals surface area contributed by atoms with Crippen LogP contribution in [0.3, 0.4) is 0 Å². The molecule has 0 saturated heterocycles. The quantitative estimate of drug-likeness (QED) is 0.486. The first-order valence-electron chi connectivity index (χ1n) is 3.78. The summed E-state index contributed by atoms with van der Waals surface area (Å²) in [6.07, 6.45) is 5.84. The number of rotatable bonds is 2. The molecule has 0 spiro atoms. The van der Waals surface area contributed by atoms with Crippen molar-refractivity contribution in [3.63, 3.8) is 0 Å². The maximum absolute atomic E-state index is 10.2. The van der Waals surface area contributed by atoms with E-state index >= 15 is 0 Å². The summed E-state index contributed by atoms with van der Waals surface area (Å²) < 4.78 is 15.2. The van der Waals surface area contributed by atoms with Crippen molar-refractivity contribution in [3.05, 3.63) is 0 Å². The fourth-order valence-corrected chi connectivity index (χ4v) is 1.84. The van der Waals surface area contributed by atoms with Crippen LogP contribution in [0.15, 0.2) is 0 Å². The van der Waals surface area contributed by atoms with Gasteiger partial charge in [0.05, 0.1) is 5.60 Å². The Bertz CT molecular complexity index is 124. The van der Waals surface area contributed by atoms with Gasteiger partial charge in [0.2, 0.25) is 0 Å². The van der Waals surface area contributed by atoms with Crippen LogP contribution in [0.2, 0.25) is 0 Å². The molecular weight excluding hydrogens is 170 g/mol. The van der Waals surface area contributed by atoms with Gasteiger partial charge in [-0.15, -0.1) is 0 Å². The van der Waals surface area contributed by atoms with E-state index in [9.17, 15) is 4.57 Å². The molecule has 0 N–H and O–H groups in total. The van der Waals surface area contributed by atoms with Gasteiger partial charge < -0.3 is 0 Å². The molecule has 1 aliphatic rings. The molecule has 1 aliphatic carbocycles. The van der Waals surface area contributed by atoms with Crippen LogP contribution in [0.4, 0.5) is 0 Å². The van der Waals surface area contributed by atoms with E-state index in [2.05, 4.69) is 0 Å². The molecule has 0 aromatic heterocycles. The average molecular weight is 184 g/mol. The van der Waals surface area contributed by atoms with Crippen molar-refractivity contribution < 1.29 is 9.09 Å². The molecule has 0 aromatic carbocycles. The minimum absolute atomic E-state index is 0. The van der Waals surface area contributed by atoms with Crippen molar-refractivity contribution in [2.24, 2.45) is 0 Å². The summed E-state index contributed by atoms with van der Waals surface area (Å²) in [6, 6.07) is 0. The Morgan fingerprint density at radius 1 is 1.27 bits per heavy atom. The van der Waals surface area contributed by atoms with Crippen molar-refractivity contribution in [2.75, 3.05) is 0 Å². The van der Waals surface area contributed by atoms with Gasteiger partial charge in [-0.3, -0.25) is 4.52 Å². The van der Waals surface area contributed by atoms with Gasteiger partial charge in [0, 0.05) is 0 Å². The molecule has 0 atom stereocenters. The van der Waals surface area contributed by atoms with Crippen LogP contribution in [-0.4, -0.2) is 35.2 Å². The second-order valence-corrected chi connectivity index (χ2v) is 3.51. The molecule has 4 heteroatoms. The van der Waals surface area contributed by atoms with Gasteiger partial charge >= 0.3 is 38.2 Å².